The van der Waals surface area contributed by atoms with Gasteiger partial charge in [0, 0.05) is 35.3 Å². The molecule has 0 spiro atoms. The van der Waals surface area contributed by atoms with Crippen LogP contribution in [0.5, 0.6) is 5.75 Å². The second-order valence-electron chi connectivity index (χ2n) is 7.33. The molecule has 0 saturated carbocycles. The maximum absolute atomic E-state index is 14.0. The van der Waals surface area contributed by atoms with Crippen LogP contribution in [0.4, 0.5) is 8.78 Å². The molecule has 3 N–H and O–H groups in total. The van der Waals surface area contributed by atoms with Crippen molar-refractivity contribution in [3.63, 3.8) is 0 Å². The topological polar surface area (TPSA) is 69.3 Å². The fraction of sp³-hybridized carbons (Fsp3) is 0.318. The highest BCUT2D eigenvalue weighted by atomic mass is 19.1. The molecule has 5 nitrogen and oxygen atoms in total. The van der Waals surface area contributed by atoms with Crippen molar-refractivity contribution in [3.05, 3.63) is 65.4 Å². The number of benzene rings is 2. The van der Waals surface area contributed by atoms with Crippen LogP contribution in [-0.4, -0.2) is 29.7 Å². The molecule has 0 radical (unpaired) electrons. The molecule has 1 atom stereocenters. The van der Waals surface area contributed by atoms with Gasteiger partial charge in [-0.3, -0.25) is 4.79 Å². The molecule has 1 aliphatic rings. The molecule has 7 heteroatoms. The van der Waals surface area contributed by atoms with E-state index in [2.05, 4.69) is 5.32 Å². The van der Waals surface area contributed by atoms with Crippen molar-refractivity contribution in [2.24, 2.45) is 5.73 Å². The summed E-state index contributed by atoms with van der Waals surface area (Å²) in [6.45, 7) is 1.80. The average Bonchev–Trinajstić information content (AvgIpc) is 3.12. The molecule has 0 aliphatic carbocycles. The number of rotatable bonds is 7. The van der Waals surface area contributed by atoms with Crippen molar-refractivity contribution in [2.75, 3.05) is 13.2 Å². The Morgan fingerprint density at radius 2 is 2.03 bits per heavy atom. The second kappa shape index (κ2) is 8.21. The number of para-hydroxylation sites is 1. The number of fused-ring (bicyclic) bond motifs is 2. The standard InChI is InChI=1S/C22H23F2N3O2/c23-18-5-3-4-14-8-11-27(20(14)18)10-2-1-9-26-15-12-17-16(22(25)28)6-7-19(24)21(17)29-13-15/h3-8,11,15,26H,1-2,9-10,12-13H2,(H2,25,28). The van der Waals surface area contributed by atoms with Gasteiger partial charge in [0.2, 0.25) is 5.91 Å². The van der Waals surface area contributed by atoms with Crippen molar-refractivity contribution < 1.29 is 18.3 Å². The van der Waals surface area contributed by atoms with E-state index in [1.54, 1.807) is 6.07 Å². The summed E-state index contributed by atoms with van der Waals surface area (Å²) in [5, 5.41) is 4.30. The third-order valence-electron chi connectivity index (χ3n) is 5.36. The van der Waals surface area contributed by atoms with Crippen LogP contribution in [0.25, 0.3) is 10.9 Å². The van der Waals surface area contributed by atoms with Gasteiger partial charge >= 0.3 is 0 Å². The number of primary amides is 1. The minimum Gasteiger partial charge on any atom is -0.489 e. The number of nitrogens with two attached hydrogens (primary N) is 1. The fourth-order valence-corrected chi connectivity index (χ4v) is 3.92. The van der Waals surface area contributed by atoms with Gasteiger partial charge in [0.15, 0.2) is 11.6 Å². The van der Waals surface area contributed by atoms with E-state index in [1.165, 1.54) is 18.2 Å². The molecule has 0 bridgehead atoms. The predicted octanol–water partition coefficient (Wildman–Crippen LogP) is 3.39. The minimum absolute atomic E-state index is 0.0211. The van der Waals surface area contributed by atoms with Crippen molar-refractivity contribution >= 4 is 16.8 Å². The number of nitrogens with one attached hydrogen (secondary N) is 1. The van der Waals surface area contributed by atoms with Crippen LogP contribution < -0.4 is 15.8 Å². The molecule has 2 aromatic carbocycles. The van der Waals surface area contributed by atoms with Crippen LogP contribution in [0.3, 0.4) is 0 Å². The van der Waals surface area contributed by atoms with Gasteiger partial charge in [0.05, 0.1) is 5.52 Å². The van der Waals surface area contributed by atoms with E-state index in [0.717, 1.165) is 31.3 Å². The number of unbranched alkanes of at least 4 members (excludes halogenated alkanes) is 1. The molecule has 29 heavy (non-hydrogen) atoms. The zero-order valence-electron chi connectivity index (χ0n) is 16.0. The highest BCUT2D eigenvalue weighted by molar-refractivity contribution is 5.95. The highest BCUT2D eigenvalue weighted by Gasteiger charge is 2.26. The summed E-state index contributed by atoms with van der Waals surface area (Å²) in [6, 6.07) is 9.61. The van der Waals surface area contributed by atoms with Crippen molar-refractivity contribution in [1.29, 1.82) is 0 Å². The van der Waals surface area contributed by atoms with Gasteiger partial charge in [-0.2, -0.15) is 0 Å². The molecular weight excluding hydrogens is 376 g/mol. The number of halogens is 2. The first kappa shape index (κ1) is 19.4. The Morgan fingerprint density at radius 3 is 2.86 bits per heavy atom. The number of carbonyl (C=O) groups is 1. The SMILES string of the molecule is NC(=O)c1ccc(F)c2c1CC(NCCCCn1ccc3cccc(F)c31)CO2. The maximum atomic E-state index is 14.0. The molecule has 152 valence electrons. The average molecular weight is 399 g/mol. The van der Waals surface area contributed by atoms with E-state index in [9.17, 15) is 13.6 Å². The van der Waals surface area contributed by atoms with Gasteiger partial charge in [0.25, 0.3) is 0 Å². The van der Waals surface area contributed by atoms with Crippen LogP contribution >= 0.6 is 0 Å². The summed E-state index contributed by atoms with van der Waals surface area (Å²) >= 11 is 0. The predicted molar refractivity (Wildman–Crippen MR) is 107 cm³/mol. The minimum atomic E-state index is -0.586. The Balaban J connectivity index is 1.30. The first-order valence-corrected chi connectivity index (χ1v) is 9.75. The Morgan fingerprint density at radius 1 is 1.17 bits per heavy atom. The number of ether oxygens (including phenoxy) is 1. The van der Waals surface area contributed by atoms with E-state index < -0.39 is 11.7 Å². The summed E-state index contributed by atoms with van der Waals surface area (Å²) in [5.41, 5.74) is 6.86. The van der Waals surface area contributed by atoms with Gasteiger partial charge in [-0.15, -0.1) is 0 Å². The van der Waals surface area contributed by atoms with Gasteiger partial charge in [-0.05, 0) is 50.1 Å². The van der Waals surface area contributed by atoms with Crippen LogP contribution in [0.1, 0.15) is 28.8 Å². The van der Waals surface area contributed by atoms with Gasteiger partial charge < -0.3 is 20.4 Å². The third kappa shape index (κ3) is 3.96. The molecule has 1 aromatic heterocycles. The quantitative estimate of drug-likeness (QED) is 0.599. The van der Waals surface area contributed by atoms with Crippen LogP contribution in [0.2, 0.25) is 0 Å². The lowest BCUT2D eigenvalue weighted by Crippen LogP contribution is -2.40. The Kier molecular flexibility index (Phi) is 5.49. The second-order valence-corrected chi connectivity index (χ2v) is 7.33. The summed E-state index contributed by atoms with van der Waals surface area (Å²) in [4.78, 5) is 11.6. The van der Waals surface area contributed by atoms with E-state index in [4.69, 9.17) is 10.5 Å². The van der Waals surface area contributed by atoms with Crippen molar-refractivity contribution in [1.82, 2.24) is 9.88 Å². The molecule has 1 aliphatic heterocycles. The molecule has 0 saturated heterocycles. The Hall–Kier alpha value is -2.93. The first-order valence-electron chi connectivity index (χ1n) is 9.75. The number of amides is 1. The van der Waals surface area contributed by atoms with E-state index >= 15 is 0 Å². The van der Waals surface area contributed by atoms with Crippen LogP contribution in [-0.2, 0) is 13.0 Å². The Bertz CT molecular complexity index is 1050. The van der Waals surface area contributed by atoms with E-state index in [0.29, 0.717) is 29.7 Å². The zero-order valence-corrected chi connectivity index (χ0v) is 16.0. The largest absolute Gasteiger partial charge is 0.489 e. The summed E-state index contributed by atoms with van der Waals surface area (Å²) in [5.74, 6) is -1.15. The lowest BCUT2D eigenvalue weighted by molar-refractivity contribution is 0.0997. The maximum Gasteiger partial charge on any atom is 0.249 e. The number of hydrogen-bond acceptors (Lipinski definition) is 3. The summed E-state index contributed by atoms with van der Waals surface area (Å²) in [6.07, 6.45) is 4.17. The normalized spacial score (nSPS) is 15.9. The number of aromatic nitrogens is 1. The molecule has 1 unspecified atom stereocenters. The molecular formula is C22H23F2N3O2. The number of aryl methyl sites for hydroxylation is 1. The molecule has 2 heterocycles. The number of nitrogens with zero attached hydrogens (tertiary/aromatic N) is 1. The van der Waals surface area contributed by atoms with E-state index in [1.807, 2.05) is 22.9 Å². The number of carbonyl (C=O) groups excluding carboxylic acids is 1. The van der Waals surface area contributed by atoms with Crippen LogP contribution in [0, 0.1) is 11.6 Å². The summed E-state index contributed by atoms with van der Waals surface area (Å²) in [7, 11) is 0. The fourth-order valence-electron chi connectivity index (χ4n) is 3.92. The zero-order chi connectivity index (χ0) is 20.4. The monoisotopic (exact) mass is 399 g/mol. The van der Waals surface area contributed by atoms with Gasteiger partial charge in [-0.1, -0.05) is 12.1 Å². The molecule has 3 aromatic rings. The van der Waals surface area contributed by atoms with Crippen LogP contribution in [0.15, 0.2) is 42.6 Å². The summed E-state index contributed by atoms with van der Waals surface area (Å²) < 4.78 is 35.5. The molecule has 1 amide bonds. The number of hydrogen-bond donors (Lipinski definition) is 2. The lowest BCUT2D eigenvalue weighted by atomic mass is 9.96. The Labute approximate surface area is 167 Å². The van der Waals surface area contributed by atoms with Crippen molar-refractivity contribution in [3.8, 4) is 5.75 Å². The van der Waals surface area contributed by atoms with Gasteiger partial charge in [0.1, 0.15) is 12.4 Å². The van der Waals surface area contributed by atoms with E-state index in [-0.39, 0.29) is 17.6 Å². The van der Waals surface area contributed by atoms with Gasteiger partial charge in [-0.25, -0.2) is 8.78 Å². The third-order valence-corrected chi connectivity index (χ3v) is 5.36. The van der Waals surface area contributed by atoms with Crippen molar-refractivity contribution in [2.45, 2.75) is 31.8 Å². The lowest BCUT2D eigenvalue weighted by Gasteiger charge is -2.27. The molecule has 0 fully saturated rings. The highest BCUT2D eigenvalue weighted by Crippen LogP contribution is 2.31. The first-order chi connectivity index (χ1) is 14.0. The molecule has 4 rings (SSSR count). The smallest absolute Gasteiger partial charge is 0.249 e.